The number of carbonyl (C=O) groups excluding carboxylic acids is 6. The number of nitrogens with one attached hydrogen (secondary N) is 4. The number of ether oxygens (including phenoxy) is 8. The van der Waals surface area contributed by atoms with Crippen molar-refractivity contribution in [1.82, 2.24) is 40.9 Å². The SMILES string of the molecule is C/C=C/C(=O)N[C@@H](C)C(=O)NC[C@H]1c2c(c(OC(C)=O)c(C)c3c2OCO3)CC2[C@H]3c4c(cc(C)c(OC)c4O)C[C@@H]([C@H](C#N)N21)N3C.C/C=C/C(=O)N[C@@H](C)C(=O)NC[C@H]1c2c(c(OC(C)=O)c(C)c3c2OCO3)CC2[C@H]3c4c(cc(C)c(OC)c4O)C[C@@H]([C@H](O)N21)N3C.O=[N+]([O-])O.[Ag]. The Balaban J connectivity index is 0.000000219. The summed E-state index contributed by atoms with van der Waals surface area (Å²) in [7, 11) is 6.95. The molecule has 1 radical (unpaired) electrons. The van der Waals surface area contributed by atoms with Gasteiger partial charge in [0.2, 0.25) is 37.2 Å². The molecule has 8 aliphatic heterocycles. The van der Waals surface area contributed by atoms with Gasteiger partial charge in [-0.15, -0.1) is 10.1 Å². The summed E-state index contributed by atoms with van der Waals surface area (Å²) >= 11 is 0. The summed E-state index contributed by atoms with van der Waals surface area (Å²) in [5.41, 5.74) is 8.83. The molecule has 30 nitrogen and oxygen atoms in total. The number of aryl methyl sites for hydroxylation is 2. The second-order valence-electron chi connectivity index (χ2n) is 25.7. The molecule has 4 aromatic rings. The van der Waals surface area contributed by atoms with Gasteiger partial charge >= 0.3 is 11.9 Å². The van der Waals surface area contributed by atoms with Crippen LogP contribution in [0.25, 0.3) is 0 Å². The number of aliphatic hydroxyl groups excluding tert-OH is 1. The van der Waals surface area contributed by atoms with Gasteiger partial charge in [-0.3, -0.25) is 48.4 Å². The Morgan fingerprint density at radius 1 is 0.650 bits per heavy atom. The number of carbonyl (C=O) groups is 6. The number of nitriles is 1. The monoisotopic (exact) mass is 1480 g/mol. The van der Waals surface area contributed by atoms with E-state index in [-0.39, 0.29) is 78.7 Å². The molecule has 0 aromatic heterocycles. The van der Waals surface area contributed by atoms with Gasteiger partial charge in [-0.25, -0.2) is 0 Å². The number of benzene rings is 4. The van der Waals surface area contributed by atoms with E-state index in [1.165, 1.54) is 40.2 Å². The number of phenolic OH excluding ortho intramolecular Hbond substituents is 2. The summed E-state index contributed by atoms with van der Waals surface area (Å²) in [5.74, 6) is 0.792. The number of hydrogen-bond acceptors (Lipinski definition) is 24. The van der Waals surface area contributed by atoms with Gasteiger partial charge in [0.1, 0.15) is 35.9 Å². The van der Waals surface area contributed by atoms with Crippen molar-refractivity contribution in [2.75, 3.05) is 55.0 Å². The van der Waals surface area contributed by atoms with Crippen LogP contribution in [0.4, 0.5) is 0 Å². The number of aliphatic hydroxyl groups is 1. The van der Waals surface area contributed by atoms with Gasteiger partial charge in [-0.05, 0) is 130 Å². The third-order valence-corrected chi connectivity index (χ3v) is 19.9. The molecule has 31 heteroatoms. The summed E-state index contributed by atoms with van der Waals surface area (Å²) in [4.78, 5) is 92.7. The van der Waals surface area contributed by atoms with E-state index in [1.54, 1.807) is 53.7 Å². The molecule has 12 rings (SSSR count). The van der Waals surface area contributed by atoms with Crippen molar-refractivity contribution in [3.63, 3.8) is 0 Å². The molecule has 100 heavy (non-hydrogen) atoms. The van der Waals surface area contributed by atoms with Crippen LogP contribution in [0.5, 0.6) is 57.5 Å². The maximum Gasteiger partial charge on any atom is 0.308 e. The molecule has 8 heterocycles. The van der Waals surface area contributed by atoms with Gasteiger partial charge in [0.15, 0.2) is 46.0 Å². The Hall–Kier alpha value is -9.19. The Bertz CT molecular complexity index is 4060. The smallest absolute Gasteiger partial charge is 0.308 e. The zero-order valence-corrected chi connectivity index (χ0v) is 59.3. The molecule has 541 valence electrons. The van der Waals surface area contributed by atoms with Gasteiger partial charge in [-0.1, -0.05) is 24.3 Å². The van der Waals surface area contributed by atoms with Gasteiger partial charge < -0.3 is 79.7 Å². The van der Waals surface area contributed by atoms with Crippen LogP contribution in [0.2, 0.25) is 0 Å². The molecule has 0 saturated carbocycles. The van der Waals surface area contributed by atoms with Gasteiger partial charge in [0.25, 0.3) is 5.09 Å². The summed E-state index contributed by atoms with van der Waals surface area (Å²) in [6.45, 7) is 16.6. The standard InChI is InChI=1S/C35H41N5O8.C34H42N4O9.Ag.HNO3/c1-8-9-26(42)38-18(4)35(44)37-14-25-28-21(32(48-19(5)41)17(3)33-34(28)47-15-46-33)12-23-29-27-20(10-16(2)31(45-7)30(27)43)11-22(39(29)6)24(13-36)40(23)25;1-8-9-24(40)36-17(4)33(42)35-13-23-26-20(30(47-18(5)39)16(3)31-32(26)46-14-45-31)12-21-27-25-19(10-15(2)29(44-7)28(25)41)11-22(37(27)6)34(43)38(21)23;;2-1(3)4/h8-10,18,22-25,29,43H,11-12,14-15H2,1-7H3,(H,37,44)(H,38,42);8-10,17,21-23,27,34,41,43H,11-14H2,1-7H3,(H,35,42)(H,36,40);;(H,2,3,4)/b2*9-8+;;/t18-,22-,23?,24-,25-,29-;17-,21?,22-,23-,27-,34-;;/m00../s1. The molecular formula is C69H84AgN10O20. The van der Waals surface area contributed by atoms with Gasteiger partial charge in [-0.2, -0.15) is 5.26 Å². The minimum absolute atomic E-state index is 0. The van der Waals surface area contributed by atoms with Crippen molar-refractivity contribution >= 4 is 35.6 Å². The fraction of sp³-hybridized carbons (Fsp3) is 0.493. The molecule has 2 fully saturated rings. The Kier molecular flexibility index (Phi) is 22.8. The van der Waals surface area contributed by atoms with Crippen LogP contribution in [0.3, 0.4) is 0 Å². The first-order chi connectivity index (χ1) is 47.0. The summed E-state index contributed by atoms with van der Waals surface area (Å²) in [6, 6.07) is 0.741. The Morgan fingerprint density at radius 3 is 1.42 bits per heavy atom. The molecule has 8 aliphatic rings. The second kappa shape index (κ2) is 30.3. The van der Waals surface area contributed by atoms with Crippen molar-refractivity contribution in [3.05, 3.63) is 113 Å². The largest absolute Gasteiger partial charge is 0.504 e. The number of nitrogens with zero attached hydrogens (tertiary/aromatic N) is 6. The maximum absolute atomic E-state index is 13.4. The van der Waals surface area contributed by atoms with Crippen LogP contribution in [-0.2, 0) is 76.8 Å². The van der Waals surface area contributed by atoms with Gasteiger partial charge in [0.05, 0.1) is 50.5 Å². The maximum atomic E-state index is 13.4. The van der Waals surface area contributed by atoms with Crippen LogP contribution in [0.1, 0.15) is 132 Å². The zero-order chi connectivity index (χ0) is 72.1. The van der Waals surface area contributed by atoms with E-state index in [1.807, 2.05) is 45.0 Å². The van der Waals surface area contributed by atoms with Crippen LogP contribution in [0, 0.1) is 49.1 Å². The summed E-state index contributed by atoms with van der Waals surface area (Å²) < 4.78 is 46.8. The van der Waals surface area contributed by atoms with Crippen molar-refractivity contribution in [2.45, 2.75) is 168 Å². The minimum Gasteiger partial charge on any atom is -0.504 e. The van der Waals surface area contributed by atoms with Crippen molar-refractivity contribution in [3.8, 4) is 63.6 Å². The van der Waals surface area contributed by atoms with E-state index in [0.717, 1.165) is 27.8 Å². The Morgan fingerprint density at radius 2 is 1.03 bits per heavy atom. The van der Waals surface area contributed by atoms with Crippen LogP contribution in [-0.4, -0.2) is 184 Å². The normalized spacial score (nSPS) is 23.7. The van der Waals surface area contributed by atoms with Crippen molar-refractivity contribution < 1.29 is 115 Å². The van der Waals surface area contributed by atoms with E-state index in [9.17, 15) is 49.3 Å². The first-order valence-corrected chi connectivity index (χ1v) is 32.4. The van der Waals surface area contributed by atoms with Gasteiger partial charge in [0, 0.05) is 112 Å². The number of aromatic hydroxyl groups is 2. The summed E-state index contributed by atoms with van der Waals surface area (Å²) in [6.07, 6.45) is 6.50. The molecule has 4 bridgehead atoms. The average Bonchev–Trinajstić information content (AvgIpc) is 0.910. The van der Waals surface area contributed by atoms with E-state index < -0.39 is 95.2 Å². The number of phenols is 2. The minimum atomic E-state index is -1.50. The third-order valence-electron chi connectivity index (χ3n) is 19.9. The van der Waals surface area contributed by atoms with Crippen molar-refractivity contribution in [2.24, 2.45) is 0 Å². The first-order valence-electron chi connectivity index (χ1n) is 32.4. The molecule has 2 saturated heterocycles. The molecule has 0 spiro atoms. The van der Waals surface area contributed by atoms with E-state index in [2.05, 4.69) is 42.0 Å². The second-order valence-corrected chi connectivity index (χ2v) is 25.7. The summed E-state index contributed by atoms with van der Waals surface area (Å²) in [5, 5.41) is 71.2. The number of allylic oxidation sites excluding steroid dienone is 2. The molecule has 2 unspecified atom stereocenters. The number of fused-ring (bicyclic) bond motifs is 18. The quantitative estimate of drug-likeness (QED) is 0.0217. The molecule has 8 N–H and O–H groups in total. The Labute approximate surface area is 593 Å². The number of likely N-dealkylation sites (N-methyl/N-ethyl adjacent to an activating group) is 2. The number of rotatable bonds is 14. The number of methoxy groups -OCH3 is 2. The van der Waals surface area contributed by atoms with E-state index in [4.69, 9.17) is 53.2 Å². The number of hydrogen-bond donors (Lipinski definition) is 8. The predicted octanol–water partition coefficient (Wildman–Crippen LogP) is 4.36. The zero-order valence-electron chi connectivity index (χ0n) is 57.9. The van der Waals surface area contributed by atoms with Crippen LogP contribution >= 0.6 is 0 Å². The molecule has 4 aromatic carbocycles. The first kappa shape index (κ1) is 75.0. The average molecular weight is 1480 g/mol. The van der Waals surface area contributed by atoms with E-state index in [0.29, 0.717) is 111 Å². The van der Waals surface area contributed by atoms with E-state index >= 15 is 0 Å². The molecular weight excluding hydrogens is 1400 g/mol. The number of piperazine rings is 2. The van der Waals surface area contributed by atoms with Crippen LogP contribution in [0.15, 0.2) is 36.4 Å². The van der Waals surface area contributed by atoms with Crippen LogP contribution < -0.4 is 59.2 Å². The fourth-order valence-electron chi connectivity index (χ4n) is 16.1. The fourth-order valence-corrected chi connectivity index (χ4v) is 16.1. The number of amides is 4. The third kappa shape index (κ3) is 13.5. The molecule has 4 amide bonds. The van der Waals surface area contributed by atoms with Crippen molar-refractivity contribution in [1.29, 1.82) is 5.26 Å². The number of esters is 2. The topological polar surface area (TPSA) is 385 Å². The molecule has 12 atom stereocenters. The predicted molar refractivity (Wildman–Crippen MR) is 351 cm³/mol. The molecule has 0 aliphatic carbocycles.